The van der Waals surface area contributed by atoms with E-state index in [2.05, 4.69) is 31.2 Å². The Kier molecular flexibility index (Phi) is 4.38. The maximum Gasteiger partial charge on any atom is 0.225 e. The third kappa shape index (κ3) is 3.34. The van der Waals surface area contributed by atoms with Crippen LogP contribution in [0.1, 0.15) is 6.92 Å². The lowest BCUT2D eigenvalue weighted by Crippen LogP contribution is -2.02. The molecule has 1 aromatic heterocycles. The number of hydrogen-bond acceptors (Lipinski definition) is 4. The molecule has 6 heteroatoms. The van der Waals surface area contributed by atoms with Gasteiger partial charge in [-0.15, -0.1) is 0 Å². The van der Waals surface area contributed by atoms with E-state index in [1.807, 2.05) is 13.0 Å². The van der Waals surface area contributed by atoms with Crippen molar-refractivity contribution in [2.75, 3.05) is 11.9 Å². The largest absolute Gasteiger partial charge is 0.437 e. The Balaban J connectivity index is 2.20. The average molecular weight is 329 g/mol. The zero-order valence-corrected chi connectivity index (χ0v) is 12.0. The number of aromatic nitrogens is 2. The van der Waals surface area contributed by atoms with Crippen LogP contribution < -0.4 is 10.1 Å². The third-order valence-electron chi connectivity index (χ3n) is 2.07. The number of nitrogens with one attached hydrogen (secondary N) is 1. The minimum atomic E-state index is 0.449. The molecule has 0 aliphatic rings. The van der Waals surface area contributed by atoms with E-state index in [0.29, 0.717) is 22.6 Å². The summed E-state index contributed by atoms with van der Waals surface area (Å²) in [7, 11) is 0. The number of rotatable bonds is 4. The second-order valence-corrected chi connectivity index (χ2v) is 4.75. The van der Waals surface area contributed by atoms with Crippen molar-refractivity contribution in [3.63, 3.8) is 0 Å². The molecule has 0 spiro atoms. The van der Waals surface area contributed by atoms with Crippen molar-refractivity contribution in [2.24, 2.45) is 0 Å². The number of benzene rings is 1. The maximum absolute atomic E-state index is 6.07. The molecule has 18 heavy (non-hydrogen) atoms. The second-order valence-electron chi connectivity index (χ2n) is 3.43. The lowest BCUT2D eigenvalue weighted by Gasteiger charge is -2.08. The average Bonchev–Trinajstić information content (AvgIpc) is 2.34. The van der Waals surface area contributed by atoms with Gasteiger partial charge in [0.25, 0.3) is 0 Å². The lowest BCUT2D eigenvalue weighted by atomic mass is 10.3. The summed E-state index contributed by atoms with van der Waals surface area (Å²) in [6.45, 7) is 2.73. The van der Waals surface area contributed by atoms with E-state index in [1.54, 1.807) is 24.4 Å². The predicted octanol–water partition coefficient (Wildman–Crippen LogP) is 4.12. The van der Waals surface area contributed by atoms with E-state index in [9.17, 15) is 0 Å². The van der Waals surface area contributed by atoms with E-state index in [0.717, 1.165) is 11.0 Å². The third-order valence-corrected chi connectivity index (χ3v) is 2.86. The molecule has 0 atom stereocenters. The Morgan fingerprint density at radius 1 is 1.39 bits per heavy atom. The Morgan fingerprint density at radius 3 is 2.94 bits per heavy atom. The van der Waals surface area contributed by atoms with Crippen molar-refractivity contribution < 1.29 is 4.74 Å². The molecule has 0 amide bonds. The lowest BCUT2D eigenvalue weighted by molar-refractivity contribution is 0.462. The standard InChI is InChI=1S/C12H11BrClN3O/c1-2-15-12-16-6-5-11(17-12)18-10-4-3-8(13)7-9(10)14/h3-7H,2H2,1H3,(H,15,16,17). The zero-order chi connectivity index (χ0) is 13.0. The molecule has 1 heterocycles. The fraction of sp³-hybridized carbons (Fsp3) is 0.167. The van der Waals surface area contributed by atoms with E-state index in [-0.39, 0.29) is 0 Å². The summed E-state index contributed by atoms with van der Waals surface area (Å²) in [5, 5.41) is 3.54. The van der Waals surface area contributed by atoms with Gasteiger partial charge in [-0.05, 0) is 25.1 Å². The van der Waals surface area contributed by atoms with Crippen molar-refractivity contribution in [3.05, 3.63) is 40.0 Å². The summed E-state index contributed by atoms with van der Waals surface area (Å²) < 4.78 is 6.51. The molecule has 94 valence electrons. The number of halogens is 2. The summed E-state index contributed by atoms with van der Waals surface area (Å²) in [5.41, 5.74) is 0. The number of anilines is 1. The highest BCUT2D eigenvalue weighted by Gasteiger charge is 2.05. The van der Waals surface area contributed by atoms with Gasteiger partial charge in [0.2, 0.25) is 11.8 Å². The minimum absolute atomic E-state index is 0.449. The van der Waals surface area contributed by atoms with E-state index < -0.39 is 0 Å². The van der Waals surface area contributed by atoms with Crippen molar-refractivity contribution in [2.45, 2.75) is 6.92 Å². The Morgan fingerprint density at radius 2 is 2.22 bits per heavy atom. The molecule has 0 bridgehead atoms. The van der Waals surface area contributed by atoms with Crippen molar-refractivity contribution in [1.82, 2.24) is 9.97 Å². The second kappa shape index (κ2) is 6.02. The van der Waals surface area contributed by atoms with Gasteiger partial charge in [0.1, 0.15) is 5.75 Å². The molecular formula is C12H11BrClN3O. The van der Waals surface area contributed by atoms with Crippen LogP contribution in [0.3, 0.4) is 0 Å². The van der Waals surface area contributed by atoms with Crippen LogP contribution in [0.25, 0.3) is 0 Å². The molecule has 0 saturated carbocycles. The van der Waals surface area contributed by atoms with Crippen LogP contribution in [0, 0.1) is 0 Å². The maximum atomic E-state index is 6.07. The van der Waals surface area contributed by atoms with Gasteiger partial charge in [0.15, 0.2) is 0 Å². The van der Waals surface area contributed by atoms with E-state index in [1.165, 1.54) is 0 Å². The Hall–Kier alpha value is -1.33. The molecule has 0 aliphatic heterocycles. The first-order chi connectivity index (χ1) is 8.69. The molecule has 0 radical (unpaired) electrons. The summed E-state index contributed by atoms with van der Waals surface area (Å²) in [4.78, 5) is 8.27. The molecule has 0 aliphatic carbocycles. The summed E-state index contributed by atoms with van der Waals surface area (Å²) in [6, 6.07) is 7.08. The summed E-state index contributed by atoms with van der Waals surface area (Å²) in [6.07, 6.45) is 1.63. The van der Waals surface area contributed by atoms with Crippen molar-refractivity contribution in [1.29, 1.82) is 0 Å². The molecular weight excluding hydrogens is 318 g/mol. The van der Waals surface area contributed by atoms with Crippen LogP contribution in [0.15, 0.2) is 34.9 Å². The number of ether oxygens (including phenoxy) is 1. The van der Waals surface area contributed by atoms with E-state index >= 15 is 0 Å². The number of hydrogen-bond donors (Lipinski definition) is 1. The Labute approximate surface area is 118 Å². The highest BCUT2D eigenvalue weighted by atomic mass is 79.9. The van der Waals surface area contributed by atoms with Gasteiger partial charge in [-0.3, -0.25) is 0 Å². The van der Waals surface area contributed by atoms with Crippen LogP contribution in [-0.4, -0.2) is 16.5 Å². The van der Waals surface area contributed by atoms with Crippen molar-refractivity contribution >= 4 is 33.5 Å². The molecule has 2 aromatic rings. The molecule has 4 nitrogen and oxygen atoms in total. The number of nitrogens with zero attached hydrogens (tertiary/aromatic N) is 2. The molecule has 1 N–H and O–H groups in total. The van der Waals surface area contributed by atoms with Gasteiger partial charge < -0.3 is 10.1 Å². The minimum Gasteiger partial charge on any atom is -0.437 e. The van der Waals surface area contributed by atoms with Crippen LogP contribution in [0.5, 0.6) is 11.6 Å². The van der Waals surface area contributed by atoms with E-state index in [4.69, 9.17) is 16.3 Å². The van der Waals surface area contributed by atoms with Crippen molar-refractivity contribution in [3.8, 4) is 11.6 Å². The normalized spacial score (nSPS) is 10.2. The fourth-order valence-electron chi connectivity index (χ4n) is 1.31. The fourth-order valence-corrected chi connectivity index (χ4v) is 2.02. The van der Waals surface area contributed by atoms with Crippen LogP contribution in [0.4, 0.5) is 5.95 Å². The van der Waals surface area contributed by atoms with Crippen LogP contribution in [-0.2, 0) is 0 Å². The molecule has 1 aromatic carbocycles. The zero-order valence-electron chi connectivity index (χ0n) is 9.65. The smallest absolute Gasteiger partial charge is 0.225 e. The predicted molar refractivity (Wildman–Crippen MR) is 75.4 cm³/mol. The monoisotopic (exact) mass is 327 g/mol. The molecule has 2 rings (SSSR count). The van der Waals surface area contributed by atoms with Crippen LogP contribution in [0.2, 0.25) is 5.02 Å². The van der Waals surface area contributed by atoms with Crippen LogP contribution >= 0.6 is 27.5 Å². The molecule has 0 unspecified atom stereocenters. The molecule has 0 fully saturated rings. The first-order valence-electron chi connectivity index (χ1n) is 5.39. The first kappa shape index (κ1) is 13.1. The van der Waals surface area contributed by atoms with Gasteiger partial charge in [0.05, 0.1) is 5.02 Å². The highest BCUT2D eigenvalue weighted by molar-refractivity contribution is 9.10. The highest BCUT2D eigenvalue weighted by Crippen LogP contribution is 2.30. The van der Waals surface area contributed by atoms with Gasteiger partial charge in [-0.25, -0.2) is 4.98 Å². The topological polar surface area (TPSA) is 47.0 Å². The van der Waals surface area contributed by atoms with Gasteiger partial charge in [0, 0.05) is 23.3 Å². The van der Waals surface area contributed by atoms with Gasteiger partial charge in [-0.2, -0.15) is 4.98 Å². The molecule has 0 saturated heterocycles. The SMILES string of the molecule is CCNc1nccc(Oc2ccc(Br)cc2Cl)n1. The first-order valence-corrected chi connectivity index (χ1v) is 6.56. The summed E-state index contributed by atoms with van der Waals surface area (Å²) >= 11 is 9.40. The Bertz CT molecular complexity index is 551. The van der Waals surface area contributed by atoms with Gasteiger partial charge in [-0.1, -0.05) is 27.5 Å². The quantitative estimate of drug-likeness (QED) is 0.917. The van der Waals surface area contributed by atoms with Gasteiger partial charge >= 0.3 is 0 Å². The summed E-state index contributed by atoms with van der Waals surface area (Å²) in [5.74, 6) is 1.54.